The molecule has 0 spiro atoms. The smallest absolute Gasteiger partial charge is 0.343 e. The molecule has 3 rings (SSSR count). The molecule has 172 valence electrons. The molecule has 0 amide bonds. The SMILES string of the molecule is CCOC(=O)c1cn(-c2cc([N+](=O)[O-])c(F)cc2CO)c2c(C)c([N+](=O)[O-])c(F)cc2c1=O. The monoisotopic (exact) mass is 463 g/mol. The summed E-state index contributed by atoms with van der Waals surface area (Å²) in [5.41, 5.74) is -4.64. The number of aryl methyl sites for hydroxylation is 1. The molecular formula is C20H15F2N3O8. The zero-order valence-corrected chi connectivity index (χ0v) is 17.1. The van der Waals surface area contributed by atoms with E-state index in [0.717, 1.165) is 23.8 Å². The van der Waals surface area contributed by atoms with Crippen LogP contribution in [0.1, 0.15) is 28.4 Å². The molecule has 1 N–H and O–H groups in total. The summed E-state index contributed by atoms with van der Waals surface area (Å²) < 4.78 is 34.5. The average molecular weight is 463 g/mol. The summed E-state index contributed by atoms with van der Waals surface area (Å²) in [4.78, 5) is 45.9. The van der Waals surface area contributed by atoms with Crippen molar-refractivity contribution in [2.24, 2.45) is 0 Å². The maximum atomic E-state index is 14.5. The number of benzene rings is 2. The fourth-order valence-corrected chi connectivity index (χ4v) is 3.49. The minimum Gasteiger partial charge on any atom is -0.462 e. The zero-order valence-electron chi connectivity index (χ0n) is 17.1. The van der Waals surface area contributed by atoms with Crippen LogP contribution in [-0.4, -0.2) is 32.1 Å². The third kappa shape index (κ3) is 3.89. The number of carbonyl (C=O) groups excluding carboxylic acids is 1. The Hall–Kier alpha value is -4.26. The van der Waals surface area contributed by atoms with Gasteiger partial charge in [0, 0.05) is 17.8 Å². The van der Waals surface area contributed by atoms with Gasteiger partial charge in [0.25, 0.3) is 0 Å². The van der Waals surface area contributed by atoms with Crippen molar-refractivity contribution in [1.29, 1.82) is 0 Å². The van der Waals surface area contributed by atoms with Crippen LogP contribution in [0.2, 0.25) is 0 Å². The number of fused-ring (bicyclic) bond motifs is 1. The van der Waals surface area contributed by atoms with Gasteiger partial charge in [0.05, 0.1) is 45.2 Å². The highest BCUT2D eigenvalue weighted by atomic mass is 19.1. The highest BCUT2D eigenvalue weighted by Crippen LogP contribution is 2.33. The van der Waals surface area contributed by atoms with Gasteiger partial charge in [-0.15, -0.1) is 0 Å². The number of esters is 1. The summed E-state index contributed by atoms with van der Waals surface area (Å²) in [7, 11) is 0. The maximum Gasteiger partial charge on any atom is 0.343 e. The van der Waals surface area contributed by atoms with Gasteiger partial charge in [-0.1, -0.05) is 0 Å². The molecule has 33 heavy (non-hydrogen) atoms. The van der Waals surface area contributed by atoms with Crippen molar-refractivity contribution >= 4 is 28.2 Å². The lowest BCUT2D eigenvalue weighted by atomic mass is 10.0. The topological polar surface area (TPSA) is 155 Å². The van der Waals surface area contributed by atoms with E-state index >= 15 is 0 Å². The van der Waals surface area contributed by atoms with E-state index in [0.29, 0.717) is 12.1 Å². The van der Waals surface area contributed by atoms with Crippen LogP contribution >= 0.6 is 0 Å². The lowest BCUT2D eigenvalue weighted by molar-refractivity contribution is -0.388. The number of hydrogen-bond donors (Lipinski definition) is 1. The van der Waals surface area contributed by atoms with Gasteiger partial charge >= 0.3 is 17.3 Å². The van der Waals surface area contributed by atoms with Gasteiger partial charge < -0.3 is 14.4 Å². The number of nitro groups is 2. The number of nitrogens with zero attached hydrogens (tertiary/aromatic N) is 3. The summed E-state index contributed by atoms with van der Waals surface area (Å²) in [6.07, 6.45) is 0.896. The summed E-state index contributed by atoms with van der Waals surface area (Å²) in [6.45, 7) is 1.67. The van der Waals surface area contributed by atoms with Gasteiger partial charge in [-0.05, 0) is 26.0 Å². The van der Waals surface area contributed by atoms with Gasteiger partial charge in [0.15, 0.2) is 0 Å². The molecule has 0 bridgehead atoms. The van der Waals surface area contributed by atoms with Crippen molar-refractivity contribution in [2.45, 2.75) is 20.5 Å². The number of halogens is 2. The average Bonchev–Trinajstić information content (AvgIpc) is 2.73. The Morgan fingerprint density at radius 1 is 1.15 bits per heavy atom. The van der Waals surface area contributed by atoms with Crippen molar-refractivity contribution in [2.75, 3.05) is 6.61 Å². The fraction of sp³-hybridized carbons (Fsp3) is 0.200. The van der Waals surface area contributed by atoms with Gasteiger partial charge in [-0.2, -0.15) is 8.78 Å². The quantitative estimate of drug-likeness (QED) is 0.332. The van der Waals surface area contributed by atoms with E-state index in [9.17, 15) is 43.7 Å². The molecule has 0 aliphatic heterocycles. The molecule has 1 heterocycles. The third-order valence-electron chi connectivity index (χ3n) is 4.90. The standard InChI is InChI=1S/C20H15F2N3O8/c1-3-33-20(28)12-7-23(15-6-16(24(29)30)13(21)4-10(15)8-26)17-9(2)18(25(31)32)14(22)5-11(17)19(12)27/h4-7,26H,3,8H2,1-2H3. The summed E-state index contributed by atoms with van der Waals surface area (Å²) in [6, 6.07) is 1.97. The number of aliphatic hydroxyl groups is 1. The molecule has 0 unspecified atom stereocenters. The summed E-state index contributed by atoms with van der Waals surface area (Å²) >= 11 is 0. The molecule has 2 aromatic carbocycles. The number of hydrogen-bond acceptors (Lipinski definition) is 8. The molecule has 0 aliphatic rings. The lowest BCUT2D eigenvalue weighted by Gasteiger charge is -2.18. The highest BCUT2D eigenvalue weighted by Gasteiger charge is 2.28. The largest absolute Gasteiger partial charge is 0.462 e. The minimum atomic E-state index is -1.35. The lowest BCUT2D eigenvalue weighted by Crippen LogP contribution is -2.22. The first-order valence-electron chi connectivity index (χ1n) is 9.31. The van der Waals surface area contributed by atoms with Gasteiger partial charge in [-0.25, -0.2) is 4.79 Å². The second-order valence-electron chi connectivity index (χ2n) is 6.80. The van der Waals surface area contributed by atoms with Crippen LogP contribution in [0, 0.1) is 38.8 Å². The van der Waals surface area contributed by atoms with Crippen LogP contribution in [0.5, 0.6) is 0 Å². The first-order chi connectivity index (χ1) is 15.5. The summed E-state index contributed by atoms with van der Waals surface area (Å²) in [5.74, 6) is -3.71. The Balaban J connectivity index is 2.60. The Morgan fingerprint density at radius 3 is 2.36 bits per heavy atom. The van der Waals surface area contributed by atoms with Crippen LogP contribution in [0.3, 0.4) is 0 Å². The molecule has 0 radical (unpaired) electrons. The third-order valence-corrected chi connectivity index (χ3v) is 4.90. The van der Waals surface area contributed by atoms with E-state index in [1.165, 1.54) is 6.92 Å². The van der Waals surface area contributed by atoms with Crippen molar-refractivity contribution in [3.8, 4) is 5.69 Å². The Morgan fingerprint density at radius 2 is 1.82 bits per heavy atom. The summed E-state index contributed by atoms with van der Waals surface area (Å²) in [5, 5.41) is 31.9. The molecule has 0 saturated carbocycles. The molecule has 11 nitrogen and oxygen atoms in total. The number of carbonyl (C=O) groups is 1. The normalized spacial score (nSPS) is 10.9. The van der Waals surface area contributed by atoms with Gasteiger partial charge in [0.1, 0.15) is 5.56 Å². The van der Waals surface area contributed by atoms with Crippen LogP contribution in [0.4, 0.5) is 20.2 Å². The molecule has 0 atom stereocenters. The van der Waals surface area contributed by atoms with Crippen LogP contribution in [-0.2, 0) is 11.3 Å². The number of pyridine rings is 1. The van der Waals surface area contributed by atoms with E-state index in [-0.39, 0.29) is 28.9 Å². The van der Waals surface area contributed by atoms with Crippen molar-refractivity contribution < 1.29 is 33.3 Å². The van der Waals surface area contributed by atoms with E-state index in [1.807, 2.05) is 0 Å². The predicted molar refractivity (Wildman–Crippen MR) is 109 cm³/mol. The Kier molecular flexibility index (Phi) is 6.17. The maximum absolute atomic E-state index is 14.5. The molecule has 3 aromatic rings. The number of rotatable bonds is 6. The van der Waals surface area contributed by atoms with Crippen LogP contribution in [0.25, 0.3) is 16.6 Å². The fourth-order valence-electron chi connectivity index (χ4n) is 3.49. The Bertz CT molecular complexity index is 1400. The molecular weight excluding hydrogens is 448 g/mol. The minimum absolute atomic E-state index is 0.117. The van der Waals surface area contributed by atoms with Crippen LogP contribution < -0.4 is 5.43 Å². The molecule has 0 saturated heterocycles. The van der Waals surface area contributed by atoms with Crippen molar-refractivity contribution in [1.82, 2.24) is 4.57 Å². The second-order valence-corrected chi connectivity index (χ2v) is 6.80. The predicted octanol–water partition coefficient (Wildman–Crippen LogP) is 3.06. The first kappa shape index (κ1) is 23.4. The van der Waals surface area contributed by atoms with E-state index in [2.05, 4.69) is 0 Å². The van der Waals surface area contributed by atoms with Gasteiger partial charge in [-0.3, -0.25) is 25.0 Å². The number of ether oxygens (including phenoxy) is 1. The van der Waals surface area contributed by atoms with E-state index < -0.39 is 61.8 Å². The van der Waals surface area contributed by atoms with Crippen LogP contribution in [0.15, 0.2) is 29.2 Å². The number of aliphatic hydroxyl groups excluding tert-OH is 1. The Labute approximate surface area is 182 Å². The van der Waals surface area contributed by atoms with Crippen molar-refractivity contribution in [3.63, 3.8) is 0 Å². The van der Waals surface area contributed by atoms with Gasteiger partial charge in [0.2, 0.25) is 17.1 Å². The van der Waals surface area contributed by atoms with Crippen molar-refractivity contribution in [3.05, 3.63) is 83.2 Å². The second kappa shape index (κ2) is 8.70. The molecule has 13 heteroatoms. The first-order valence-corrected chi connectivity index (χ1v) is 9.31. The highest BCUT2D eigenvalue weighted by molar-refractivity contribution is 5.96. The van der Waals surface area contributed by atoms with E-state index in [4.69, 9.17) is 4.74 Å². The number of nitro benzene ring substituents is 2. The molecule has 0 fully saturated rings. The molecule has 0 aliphatic carbocycles. The number of aromatic nitrogens is 1. The van der Waals surface area contributed by atoms with E-state index in [1.54, 1.807) is 0 Å². The molecule has 1 aromatic heterocycles. The zero-order chi connectivity index (χ0) is 24.6.